The maximum Gasteiger partial charge on any atom is 0.162 e. The monoisotopic (exact) mass is 259 g/mol. The van der Waals surface area contributed by atoms with Crippen LogP contribution < -0.4 is 5.32 Å². The third-order valence-electron chi connectivity index (χ3n) is 3.51. The SMILES string of the molecule is CCCc1c(NC)ncnc1-n1nc(C)c(C)c1C. The molecule has 0 aliphatic carbocycles. The van der Waals surface area contributed by atoms with Gasteiger partial charge in [0.25, 0.3) is 0 Å². The lowest BCUT2D eigenvalue weighted by atomic mass is 10.1. The molecule has 0 radical (unpaired) electrons. The summed E-state index contributed by atoms with van der Waals surface area (Å²) in [7, 11) is 1.89. The van der Waals surface area contributed by atoms with Crippen molar-refractivity contribution in [2.75, 3.05) is 12.4 Å². The molecule has 0 aliphatic heterocycles. The van der Waals surface area contributed by atoms with Gasteiger partial charge in [-0.2, -0.15) is 5.10 Å². The van der Waals surface area contributed by atoms with E-state index >= 15 is 0 Å². The van der Waals surface area contributed by atoms with Gasteiger partial charge in [0.2, 0.25) is 0 Å². The van der Waals surface area contributed by atoms with Crippen molar-refractivity contribution < 1.29 is 0 Å². The molecule has 2 aromatic heterocycles. The lowest BCUT2D eigenvalue weighted by molar-refractivity contribution is 0.772. The second kappa shape index (κ2) is 5.38. The van der Waals surface area contributed by atoms with Gasteiger partial charge in [0.05, 0.1) is 5.69 Å². The van der Waals surface area contributed by atoms with Crippen LogP contribution in [0.4, 0.5) is 5.82 Å². The number of aryl methyl sites for hydroxylation is 1. The second-order valence-corrected chi connectivity index (χ2v) is 4.73. The van der Waals surface area contributed by atoms with E-state index in [1.165, 1.54) is 5.56 Å². The number of rotatable bonds is 4. The summed E-state index contributed by atoms with van der Waals surface area (Å²) in [5.41, 5.74) is 4.52. The smallest absolute Gasteiger partial charge is 0.162 e. The zero-order valence-corrected chi connectivity index (χ0v) is 12.3. The van der Waals surface area contributed by atoms with E-state index in [-0.39, 0.29) is 0 Å². The van der Waals surface area contributed by atoms with Gasteiger partial charge in [-0.05, 0) is 32.8 Å². The van der Waals surface area contributed by atoms with Crippen LogP contribution in [0.2, 0.25) is 0 Å². The Kier molecular flexibility index (Phi) is 3.83. The van der Waals surface area contributed by atoms with Crippen LogP contribution in [0.5, 0.6) is 0 Å². The average molecular weight is 259 g/mol. The summed E-state index contributed by atoms with van der Waals surface area (Å²) < 4.78 is 1.93. The van der Waals surface area contributed by atoms with Gasteiger partial charge in [-0.15, -0.1) is 0 Å². The standard InChI is InChI=1S/C14H21N5/c1-6-7-12-13(15-5)16-8-17-14(12)19-11(4)9(2)10(3)18-19/h8H,6-7H2,1-5H3,(H,15,16,17). The Labute approximate surface area is 114 Å². The highest BCUT2D eigenvalue weighted by Crippen LogP contribution is 2.23. The zero-order chi connectivity index (χ0) is 14.0. The topological polar surface area (TPSA) is 55.6 Å². The van der Waals surface area contributed by atoms with Crippen molar-refractivity contribution in [2.45, 2.75) is 40.5 Å². The third-order valence-corrected chi connectivity index (χ3v) is 3.51. The van der Waals surface area contributed by atoms with Crippen LogP contribution in [-0.4, -0.2) is 26.8 Å². The van der Waals surface area contributed by atoms with Gasteiger partial charge in [-0.1, -0.05) is 13.3 Å². The van der Waals surface area contributed by atoms with Crippen LogP contribution >= 0.6 is 0 Å². The van der Waals surface area contributed by atoms with Crippen molar-refractivity contribution in [2.24, 2.45) is 0 Å². The Morgan fingerprint density at radius 2 is 1.95 bits per heavy atom. The second-order valence-electron chi connectivity index (χ2n) is 4.73. The van der Waals surface area contributed by atoms with Crippen LogP contribution in [0.1, 0.15) is 35.9 Å². The van der Waals surface area contributed by atoms with Gasteiger partial charge < -0.3 is 5.32 Å². The fourth-order valence-electron chi connectivity index (χ4n) is 2.21. The maximum absolute atomic E-state index is 4.60. The molecule has 0 aromatic carbocycles. The van der Waals surface area contributed by atoms with Crippen LogP contribution in [0.15, 0.2) is 6.33 Å². The molecule has 2 rings (SSSR count). The molecule has 2 heterocycles. The Hall–Kier alpha value is -1.91. The highest BCUT2D eigenvalue weighted by atomic mass is 15.3. The fourth-order valence-corrected chi connectivity index (χ4v) is 2.21. The molecule has 1 N–H and O–H groups in total. The van der Waals surface area contributed by atoms with Crippen molar-refractivity contribution in [1.29, 1.82) is 0 Å². The Morgan fingerprint density at radius 1 is 1.21 bits per heavy atom. The van der Waals surface area contributed by atoms with Crippen LogP contribution in [0.25, 0.3) is 5.82 Å². The molecule has 0 fully saturated rings. The van der Waals surface area contributed by atoms with E-state index in [2.05, 4.69) is 41.2 Å². The Balaban J connectivity index is 2.64. The first-order valence-electron chi connectivity index (χ1n) is 6.65. The highest BCUT2D eigenvalue weighted by Gasteiger charge is 2.16. The summed E-state index contributed by atoms with van der Waals surface area (Å²) in [4.78, 5) is 8.74. The molecule has 0 atom stereocenters. The van der Waals surface area contributed by atoms with E-state index in [9.17, 15) is 0 Å². The molecular formula is C14H21N5. The minimum Gasteiger partial charge on any atom is -0.373 e. The summed E-state index contributed by atoms with van der Waals surface area (Å²) >= 11 is 0. The van der Waals surface area contributed by atoms with Crippen molar-refractivity contribution in [1.82, 2.24) is 19.7 Å². The minimum atomic E-state index is 0.884. The van der Waals surface area contributed by atoms with E-state index in [0.717, 1.165) is 41.4 Å². The number of hydrogen-bond acceptors (Lipinski definition) is 4. The molecule has 0 saturated carbocycles. The van der Waals surface area contributed by atoms with Gasteiger partial charge in [0, 0.05) is 18.3 Å². The van der Waals surface area contributed by atoms with E-state index < -0.39 is 0 Å². The number of nitrogens with zero attached hydrogens (tertiary/aromatic N) is 4. The van der Waals surface area contributed by atoms with E-state index in [1.807, 2.05) is 18.7 Å². The summed E-state index contributed by atoms with van der Waals surface area (Å²) in [6.07, 6.45) is 3.57. The number of hydrogen-bond donors (Lipinski definition) is 1. The van der Waals surface area contributed by atoms with Crippen LogP contribution in [-0.2, 0) is 6.42 Å². The molecule has 0 amide bonds. The van der Waals surface area contributed by atoms with Crippen molar-refractivity contribution in [3.63, 3.8) is 0 Å². The van der Waals surface area contributed by atoms with Gasteiger partial charge in [0.1, 0.15) is 12.1 Å². The molecule has 2 aromatic rings. The molecule has 0 spiro atoms. The fraction of sp³-hybridized carbons (Fsp3) is 0.500. The highest BCUT2D eigenvalue weighted by molar-refractivity contribution is 5.52. The molecule has 0 aliphatic rings. The van der Waals surface area contributed by atoms with Crippen LogP contribution in [0.3, 0.4) is 0 Å². The summed E-state index contributed by atoms with van der Waals surface area (Å²) in [5, 5.41) is 7.74. The predicted molar refractivity (Wildman–Crippen MR) is 76.9 cm³/mol. The normalized spacial score (nSPS) is 10.8. The molecule has 5 nitrogen and oxygen atoms in total. The Bertz CT molecular complexity index is 586. The quantitative estimate of drug-likeness (QED) is 0.917. The molecule has 102 valence electrons. The number of aromatic nitrogens is 4. The molecule has 0 bridgehead atoms. The summed E-state index contributed by atoms with van der Waals surface area (Å²) in [5.74, 6) is 1.77. The lowest BCUT2D eigenvalue weighted by Crippen LogP contribution is -2.10. The first-order valence-corrected chi connectivity index (χ1v) is 6.65. The van der Waals surface area contributed by atoms with E-state index in [1.54, 1.807) is 6.33 Å². The predicted octanol–water partition coefficient (Wildman–Crippen LogP) is 2.58. The first kappa shape index (κ1) is 13.5. The minimum absolute atomic E-state index is 0.884. The van der Waals surface area contributed by atoms with Crippen molar-refractivity contribution >= 4 is 5.82 Å². The summed E-state index contributed by atoms with van der Waals surface area (Å²) in [6.45, 7) is 8.35. The first-order chi connectivity index (χ1) is 9.10. The third kappa shape index (κ3) is 2.32. The van der Waals surface area contributed by atoms with Crippen molar-refractivity contribution in [3.05, 3.63) is 28.8 Å². The van der Waals surface area contributed by atoms with Gasteiger partial charge >= 0.3 is 0 Å². The molecule has 19 heavy (non-hydrogen) atoms. The lowest BCUT2D eigenvalue weighted by Gasteiger charge is -2.13. The zero-order valence-electron chi connectivity index (χ0n) is 12.3. The Morgan fingerprint density at radius 3 is 2.47 bits per heavy atom. The average Bonchev–Trinajstić information content (AvgIpc) is 2.67. The number of anilines is 1. The van der Waals surface area contributed by atoms with E-state index in [0.29, 0.717) is 0 Å². The maximum atomic E-state index is 4.60. The largest absolute Gasteiger partial charge is 0.373 e. The van der Waals surface area contributed by atoms with Crippen molar-refractivity contribution in [3.8, 4) is 5.82 Å². The van der Waals surface area contributed by atoms with Gasteiger partial charge in [-0.25, -0.2) is 14.6 Å². The number of nitrogens with one attached hydrogen (secondary N) is 1. The molecular weight excluding hydrogens is 238 g/mol. The van der Waals surface area contributed by atoms with E-state index in [4.69, 9.17) is 0 Å². The van der Waals surface area contributed by atoms with Crippen LogP contribution in [0, 0.1) is 20.8 Å². The van der Waals surface area contributed by atoms with Gasteiger partial charge in [0.15, 0.2) is 5.82 Å². The molecule has 5 heteroatoms. The summed E-state index contributed by atoms with van der Waals surface area (Å²) in [6, 6.07) is 0. The molecule has 0 unspecified atom stereocenters. The molecule has 0 saturated heterocycles. The van der Waals surface area contributed by atoms with Gasteiger partial charge in [-0.3, -0.25) is 0 Å².